The minimum Gasteiger partial charge on any atom is -0.506 e. The second-order valence-corrected chi connectivity index (χ2v) is 6.27. The molecule has 0 spiro atoms. The van der Waals surface area contributed by atoms with Crippen molar-refractivity contribution in [1.29, 1.82) is 0 Å². The fourth-order valence-electron chi connectivity index (χ4n) is 2.06. The molecule has 0 fully saturated rings. The molecule has 0 heterocycles. The minimum atomic E-state index is -4.34. The Morgan fingerprint density at radius 3 is 2.10 bits per heavy atom. The molecule has 2 aromatic carbocycles. The maximum Gasteiger partial charge on any atom is 0.416 e. The normalized spacial score (nSPS) is 11.7. The Bertz CT molecular complexity index is 631. The highest BCUT2D eigenvalue weighted by molar-refractivity contribution is 9.11. The smallest absolute Gasteiger partial charge is 0.416 e. The predicted molar refractivity (Wildman–Crippen MR) is 82.4 cm³/mol. The van der Waals surface area contributed by atoms with E-state index in [9.17, 15) is 18.3 Å². The van der Waals surface area contributed by atoms with Crippen molar-refractivity contribution in [3.63, 3.8) is 0 Å². The van der Waals surface area contributed by atoms with Crippen molar-refractivity contribution in [2.24, 2.45) is 0 Å². The topological polar surface area (TPSA) is 20.2 Å². The second kappa shape index (κ2) is 6.40. The molecule has 1 nitrogen and oxygen atoms in total. The van der Waals surface area contributed by atoms with Crippen molar-refractivity contribution >= 4 is 31.9 Å². The lowest BCUT2D eigenvalue weighted by atomic mass is 9.99. The van der Waals surface area contributed by atoms with Crippen LogP contribution in [0.2, 0.25) is 0 Å². The molecule has 1 N–H and O–H groups in total. The van der Waals surface area contributed by atoms with E-state index in [0.29, 0.717) is 15.4 Å². The summed E-state index contributed by atoms with van der Waals surface area (Å²) < 4.78 is 39.7. The number of aromatic hydroxyl groups is 1. The average Bonchev–Trinajstić information content (AvgIpc) is 2.41. The zero-order chi connectivity index (χ0) is 15.6. The molecule has 0 aliphatic carbocycles. The highest BCUT2D eigenvalue weighted by atomic mass is 79.9. The molecule has 0 aliphatic rings. The van der Waals surface area contributed by atoms with Gasteiger partial charge in [-0.1, -0.05) is 18.2 Å². The SMILES string of the molecule is Oc1c(Br)cc(CCc2ccccc2C(F)(F)F)cc1Br. The number of phenols is 1. The molecule has 0 radical (unpaired) electrons. The first-order chi connectivity index (χ1) is 9.79. The number of aryl methyl sites for hydroxylation is 2. The summed E-state index contributed by atoms with van der Waals surface area (Å²) in [7, 11) is 0. The van der Waals surface area contributed by atoms with Crippen LogP contribution in [-0.4, -0.2) is 5.11 Å². The lowest BCUT2D eigenvalue weighted by Gasteiger charge is -2.13. The maximum absolute atomic E-state index is 12.9. The number of hydrogen-bond donors (Lipinski definition) is 1. The average molecular weight is 424 g/mol. The first-order valence-corrected chi connectivity index (χ1v) is 7.69. The molecule has 2 aromatic rings. The van der Waals surface area contributed by atoms with Gasteiger partial charge in [0.1, 0.15) is 5.75 Å². The van der Waals surface area contributed by atoms with Gasteiger partial charge in [0.05, 0.1) is 14.5 Å². The number of alkyl halides is 3. The largest absolute Gasteiger partial charge is 0.506 e. The molecule has 112 valence electrons. The van der Waals surface area contributed by atoms with Crippen LogP contribution in [0, 0.1) is 0 Å². The third kappa shape index (κ3) is 4.01. The van der Waals surface area contributed by atoms with Gasteiger partial charge in [0, 0.05) is 0 Å². The first kappa shape index (κ1) is 16.4. The Labute approximate surface area is 137 Å². The molecular weight excluding hydrogens is 413 g/mol. The summed E-state index contributed by atoms with van der Waals surface area (Å²) in [6, 6.07) is 8.99. The van der Waals surface area contributed by atoms with Gasteiger partial charge in [0.15, 0.2) is 0 Å². The van der Waals surface area contributed by atoms with Crippen molar-refractivity contribution < 1.29 is 18.3 Å². The van der Waals surface area contributed by atoms with Crippen molar-refractivity contribution in [2.45, 2.75) is 19.0 Å². The fraction of sp³-hybridized carbons (Fsp3) is 0.200. The summed E-state index contributed by atoms with van der Waals surface area (Å²) in [5.41, 5.74) is 0.510. The van der Waals surface area contributed by atoms with Crippen LogP contribution in [0.5, 0.6) is 5.75 Å². The lowest BCUT2D eigenvalue weighted by molar-refractivity contribution is -0.138. The molecular formula is C15H11Br2F3O. The quantitative estimate of drug-likeness (QED) is 0.669. The van der Waals surface area contributed by atoms with Crippen LogP contribution < -0.4 is 0 Å². The molecule has 0 amide bonds. The summed E-state index contributed by atoms with van der Waals surface area (Å²) in [5.74, 6) is 0.0782. The van der Waals surface area contributed by atoms with Crippen molar-refractivity contribution in [3.8, 4) is 5.75 Å². The van der Waals surface area contributed by atoms with Gasteiger partial charge in [0.25, 0.3) is 0 Å². The maximum atomic E-state index is 12.9. The van der Waals surface area contributed by atoms with Gasteiger partial charge in [-0.2, -0.15) is 13.2 Å². The van der Waals surface area contributed by atoms with Crippen LogP contribution in [0.15, 0.2) is 45.3 Å². The van der Waals surface area contributed by atoms with E-state index in [4.69, 9.17) is 0 Å². The molecule has 0 saturated heterocycles. The van der Waals surface area contributed by atoms with E-state index in [1.807, 2.05) is 0 Å². The number of halogens is 5. The zero-order valence-electron chi connectivity index (χ0n) is 10.7. The third-order valence-electron chi connectivity index (χ3n) is 3.08. The van der Waals surface area contributed by atoms with Gasteiger partial charge in [-0.05, 0) is 74.0 Å². The molecule has 0 aromatic heterocycles. The monoisotopic (exact) mass is 422 g/mol. The Morgan fingerprint density at radius 1 is 0.952 bits per heavy atom. The Kier molecular flexibility index (Phi) is 4.99. The number of rotatable bonds is 3. The molecule has 0 atom stereocenters. The van der Waals surface area contributed by atoms with Crippen LogP contribution in [0.25, 0.3) is 0 Å². The van der Waals surface area contributed by atoms with Gasteiger partial charge in [-0.15, -0.1) is 0 Å². The summed E-state index contributed by atoms with van der Waals surface area (Å²) >= 11 is 6.42. The first-order valence-electron chi connectivity index (χ1n) is 6.11. The molecule has 2 rings (SSSR count). The van der Waals surface area contributed by atoms with Gasteiger partial charge in [0.2, 0.25) is 0 Å². The number of phenolic OH excluding ortho intramolecular Hbond substituents is 1. The Hall–Kier alpha value is -1.01. The highest BCUT2D eigenvalue weighted by Gasteiger charge is 2.32. The van der Waals surface area contributed by atoms with Crippen LogP contribution >= 0.6 is 31.9 Å². The van der Waals surface area contributed by atoms with Crippen LogP contribution in [0.1, 0.15) is 16.7 Å². The van der Waals surface area contributed by atoms with Crippen molar-refractivity contribution in [2.75, 3.05) is 0 Å². The summed E-state index contributed by atoms with van der Waals surface area (Å²) in [6.45, 7) is 0. The summed E-state index contributed by atoms with van der Waals surface area (Å²) in [4.78, 5) is 0. The predicted octanol–water partition coefficient (Wildman–Crippen LogP) is 5.72. The Balaban J connectivity index is 2.21. The van der Waals surface area contributed by atoms with E-state index in [1.54, 1.807) is 18.2 Å². The van der Waals surface area contributed by atoms with Crippen molar-refractivity contribution in [3.05, 3.63) is 62.0 Å². The highest BCUT2D eigenvalue weighted by Crippen LogP contribution is 2.35. The minimum absolute atomic E-state index is 0.0782. The molecule has 6 heteroatoms. The molecule has 0 aliphatic heterocycles. The van der Waals surface area contributed by atoms with E-state index in [1.165, 1.54) is 12.1 Å². The standard InChI is InChI=1S/C15H11Br2F3O/c16-12-7-9(8-13(17)14(12)21)5-6-10-3-1-2-4-11(10)15(18,19)20/h1-4,7-8,21H,5-6H2. The van der Waals surface area contributed by atoms with E-state index in [2.05, 4.69) is 31.9 Å². The van der Waals surface area contributed by atoms with Crippen LogP contribution in [0.4, 0.5) is 13.2 Å². The van der Waals surface area contributed by atoms with E-state index in [0.717, 1.165) is 11.6 Å². The van der Waals surface area contributed by atoms with E-state index < -0.39 is 11.7 Å². The second-order valence-electron chi connectivity index (χ2n) is 4.56. The van der Waals surface area contributed by atoms with Gasteiger partial charge >= 0.3 is 6.18 Å². The van der Waals surface area contributed by atoms with Crippen LogP contribution in [-0.2, 0) is 19.0 Å². The fourth-order valence-corrected chi connectivity index (χ4v) is 3.34. The lowest BCUT2D eigenvalue weighted by Crippen LogP contribution is -2.09. The molecule has 0 saturated carbocycles. The molecule has 0 bridgehead atoms. The number of benzene rings is 2. The number of hydrogen-bond acceptors (Lipinski definition) is 1. The van der Waals surface area contributed by atoms with Crippen molar-refractivity contribution in [1.82, 2.24) is 0 Å². The molecule has 21 heavy (non-hydrogen) atoms. The Morgan fingerprint density at radius 2 is 1.52 bits per heavy atom. The molecule has 0 unspecified atom stereocenters. The van der Waals surface area contributed by atoms with Gasteiger partial charge < -0.3 is 5.11 Å². The summed E-state index contributed by atoms with van der Waals surface area (Å²) in [6.07, 6.45) is -3.61. The zero-order valence-corrected chi connectivity index (χ0v) is 13.9. The van der Waals surface area contributed by atoms with E-state index >= 15 is 0 Å². The third-order valence-corrected chi connectivity index (χ3v) is 4.29. The summed E-state index contributed by atoms with van der Waals surface area (Å²) in [5, 5.41) is 9.62. The van der Waals surface area contributed by atoms with E-state index in [-0.39, 0.29) is 17.7 Å². The van der Waals surface area contributed by atoms with Gasteiger partial charge in [-0.3, -0.25) is 0 Å². The van der Waals surface area contributed by atoms with Gasteiger partial charge in [-0.25, -0.2) is 0 Å². The van der Waals surface area contributed by atoms with Crippen LogP contribution in [0.3, 0.4) is 0 Å².